The van der Waals surface area contributed by atoms with Crippen LogP contribution in [0.25, 0.3) is 11.3 Å². The fraction of sp³-hybridized carbons (Fsp3) is 0.310. The molecule has 0 unspecified atom stereocenters. The number of benzene rings is 2. The second-order valence-corrected chi connectivity index (χ2v) is 9.54. The molecule has 1 heterocycles. The third-order valence-electron chi connectivity index (χ3n) is 6.54. The highest BCUT2D eigenvalue weighted by atomic mass is 19.3. The molecule has 41 heavy (non-hydrogen) atoms. The predicted octanol–water partition coefficient (Wildman–Crippen LogP) is 5.43. The van der Waals surface area contributed by atoms with Crippen molar-refractivity contribution in [3.8, 4) is 17.0 Å². The molecule has 1 aromatic heterocycles. The molecule has 1 amide bonds. The molecule has 218 valence electrons. The largest absolute Gasteiger partial charge is 0.433 e. The molecule has 0 aliphatic rings. The van der Waals surface area contributed by atoms with Gasteiger partial charge in [-0.1, -0.05) is 18.7 Å². The Balaban J connectivity index is 2.02. The van der Waals surface area contributed by atoms with Gasteiger partial charge in [0.15, 0.2) is 5.75 Å². The van der Waals surface area contributed by atoms with E-state index in [-0.39, 0.29) is 11.4 Å². The molecule has 0 spiro atoms. The summed E-state index contributed by atoms with van der Waals surface area (Å²) in [6, 6.07) is 10.4. The Kier molecular flexibility index (Phi) is 10.7. The number of ether oxygens (including phenoxy) is 1. The standard InChI is InChI=1S/C29H36F2N8O2/c1-7-28(40)37-23-13-24(26(41-29(30)31)15-25(23)39(6)11-10-38(5)18(2)3)36-27-14-22(34-17-35-27)19-8-9-20(16-32)21(12-19)33-4/h7-9,12-18,29,32-33H,1,10-11H2,2-6H3,(H,37,40)(H,34,35,36). The molecule has 3 aromatic rings. The third kappa shape index (κ3) is 8.21. The van der Waals surface area contributed by atoms with Gasteiger partial charge in [0, 0.05) is 68.4 Å². The van der Waals surface area contributed by atoms with Crippen molar-refractivity contribution in [2.75, 3.05) is 55.1 Å². The van der Waals surface area contributed by atoms with Gasteiger partial charge in [-0.05, 0) is 39.1 Å². The lowest BCUT2D eigenvalue weighted by molar-refractivity contribution is -0.111. The molecule has 4 N–H and O–H groups in total. The number of carbonyl (C=O) groups excluding carboxylic acids is 1. The number of halogens is 2. The maximum atomic E-state index is 13.5. The minimum absolute atomic E-state index is 0.122. The zero-order valence-electron chi connectivity index (χ0n) is 23.8. The number of nitrogens with one attached hydrogen (secondary N) is 4. The number of hydrogen-bond donors (Lipinski definition) is 4. The molecule has 0 aliphatic carbocycles. The number of aromatic nitrogens is 2. The summed E-state index contributed by atoms with van der Waals surface area (Å²) in [5.74, 6) is -0.258. The Morgan fingerprint density at radius 3 is 2.49 bits per heavy atom. The number of hydrogen-bond acceptors (Lipinski definition) is 9. The highest BCUT2D eigenvalue weighted by molar-refractivity contribution is 6.02. The van der Waals surface area contributed by atoms with E-state index in [4.69, 9.17) is 10.1 Å². The topological polar surface area (TPSA) is 118 Å². The monoisotopic (exact) mass is 566 g/mol. The molecule has 0 bridgehead atoms. The van der Waals surface area contributed by atoms with E-state index in [1.807, 2.05) is 31.1 Å². The lowest BCUT2D eigenvalue weighted by atomic mass is 10.1. The van der Waals surface area contributed by atoms with Crippen molar-refractivity contribution in [1.29, 1.82) is 5.41 Å². The molecule has 0 saturated carbocycles. The van der Waals surface area contributed by atoms with E-state index in [1.165, 1.54) is 24.7 Å². The van der Waals surface area contributed by atoms with E-state index >= 15 is 0 Å². The average Bonchev–Trinajstić information content (AvgIpc) is 2.96. The summed E-state index contributed by atoms with van der Waals surface area (Å²) in [4.78, 5) is 24.9. The lowest BCUT2D eigenvalue weighted by Crippen LogP contribution is -2.35. The molecular weight excluding hydrogens is 530 g/mol. The maximum Gasteiger partial charge on any atom is 0.387 e. The highest BCUT2D eigenvalue weighted by Crippen LogP contribution is 2.39. The zero-order chi connectivity index (χ0) is 30.1. The van der Waals surface area contributed by atoms with Crippen LogP contribution in [0.5, 0.6) is 5.75 Å². The summed E-state index contributed by atoms with van der Waals surface area (Å²) in [6.07, 6.45) is 3.73. The van der Waals surface area contributed by atoms with Crippen LogP contribution in [0.2, 0.25) is 0 Å². The number of carbonyl (C=O) groups is 1. The van der Waals surface area contributed by atoms with Crippen molar-refractivity contribution < 1.29 is 18.3 Å². The first-order valence-electron chi connectivity index (χ1n) is 13.0. The summed E-state index contributed by atoms with van der Waals surface area (Å²) in [6.45, 7) is 5.85. The molecule has 12 heteroatoms. The molecular formula is C29H36F2N8O2. The second-order valence-electron chi connectivity index (χ2n) is 9.54. The van der Waals surface area contributed by atoms with E-state index in [1.54, 1.807) is 19.2 Å². The molecule has 3 rings (SSSR count). The van der Waals surface area contributed by atoms with Gasteiger partial charge in [0.25, 0.3) is 0 Å². The molecule has 0 atom stereocenters. The van der Waals surface area contributed by atoms with Gasteiger partial charge in [0.2, 0.25) is 5.91 Å². The fourth-order valence-corrected chi connectivity index (χ4v) is 3.93. The van der Waals surface area contributed by atoms with Gasteiger partial charge < -0.3 is 35.9 Å². The fourth-order valence-electron chi connectivity index (χ4n) is 3.93. The summed E-state index contributed by atoms with van der Waals surface area (Å²) >= 11 is 0. The van der Waals surface area contributed by atoms with Crippen LogP contribution in [-0.4, -0.2) is 73.9 Å². The average molecular weight is 567 g/mol. The molecule has 0 aliphatic heterocycles. The van der Waals surface area contributed by atoms with Gasteiger partial charge in [0.05, 0.1) is 22.8 Å². The van der Waals surface area contributed by atoms with Crippen LogP contribution >= 0.6 is 0 Å². The lowest BCUT2D eigenvalue weighted by Gasteiger charge is -2.28. The number of nitrogens with zero attached hydrogens (tertiary/aromatic N) is 4. The third-order valence-corrected chi connectivity index (χ3v) is 6.54. The van der Waals surface area contributed by atoms with E-state index in [0.29, 0.717) is 47.6 Å². The van der Waals surface area contributed by atoms with Crippen LogP contribution in [0.4, 0.5) is 37.3 Å². The zero-order valence-corrected chi connectivity index (χ0v) is 23.8. The van der Waals surface area contributed by atoms with Crippen LogP contribution in [0.15, 0.2) is 55.4 Å². The van der Waals surface area contributed by atoms with Crippen molar-refractivity contribution in [3.63, 3.8) is 0 Å². The minimum atomic E-state index is -3.08. The first-order valence-corrected chi connectivity index (χ1v) is 13.0. The first-order chi connectivity index (χ1) is 19.6. The Morgan fingerprint density at radius 1 is 1.10 bits per heavy atom. The van der Waals surface area contributed by atoms with Crippen LogP contribution in [0, 0.1) is 5.41 Å². The summed E-state index contributed by atoms with van der Waals surface area (Å²) in [5.41, 5.74) is 3.83. The Labute approximate surface area is 239 Å². The van der Waals surface area contributed by atoms with Gasteiger partial charge in [-0.3, -0.25) is 4.79 Å². The Hall–Kier alpha value is -4.58. The molecule has 0 saturated heterocycles. The second kappa shape index (κ2) is 14.2. The number of likely N-dealkylation sites (N-methyl/N-ethyl adjacent to an activating group) is 2. The van der Waals surface area contributed by atoms with Crippen molar-refractivity contribution in [1.82, 2.24) is 14.9 Å². The van der Waals surface area contributed by atoms with Gasteiger partial charge in [-0.15, -0.1) is 0 Å². The van der Waals surface area contributed by atoms with E-state index < -0.39 is 12.5 Å². The minimum Gasteiger partial charge on any atom is -0.433 e. The number of rotatable bonds is 14. The van der Waals surface area contributed by atoms with Crippen LogP contribution in [0.3, 0.4) is 0 Å². The Morgan fingerprint density at radius 2 is 1.85 bits per heavy atom. The van der Waals surface area contributed by atoms with Gasteiger partial charge in [-0.2, -0.15) is 8.78 Å². The van der Waals surface area contributed by atoms with Crippen molar-refractivity contribution in [2.24, 2.45) is 0 Å². The molecule has 0 radical (unpaired) electrons. The van der Waals surface area contributed by atoms with Crippen LogP contribution in [-0.2, 0) is 4.79 Å². The van der Waals surface area contributed by atoms with E-state index in [9.17, 15) is 13.6 Å². The van der Waals surface area contributed by atoms with Gasteiger partial charge in [0.1, 0.15) is 12.1 Å². The molecule has 10 nitrogen and oxygen atoms in total. The quantitative estimate of drug-likeness (QED) is 0.151. The number of amides is 1. The normalized spacial score (nSPS) is 11.0. The highest BCUT2D eigenvalue weighted by Gasteiger charge is 2.19. The van der Waals surface area contributed by atoms with E-state index in [2.05, 4.69) is 51.2 Å². The predicted molar refractivity (Wildman–Crippen MR) is 161 cm³/mol. The summed E-state index contributed by atoms with van der Waals surface area (Å²) in [7, 11) is 5.57. The van der Waals surface area contributed by atoms with Crippen LogP contribution in [0.1, 0.15) is 19.4 Å². The first kappa shape index (κ1) is 31.0. The summed E-state index contributed by atoms with van der Waals surface area (Å²) < 4.78 is 31.9. The molecule has 0 fully saturated rings. The smallest absolute Gasteiger partial charge is 0.387 e. The number of anilines is 5. The maximum absolute atomic E-state index is 13.5. The molecule has 2 aromatic carbocycles. The van der Waals surface area contributed by atoms with Crippen molar-refractivity contribution >= 4 is 40.7 Å². The SMILES string of the molecule is C=CC(=O)Nc1cc(Nc2cc(-c3ccc(C=N)c(NC)c3)ncn2)c(OC(F)F)cc1N(C)CCN(C)C(C)C. The van der Waals surface area contributed by atoms with Gasteiger partial charge in [-0.25, -0.2) is 9.97 Å². The van der Waals surface area contributed by atoms with E-state index in [0.717, 1.165) is 17.3 Å². The van der Waals surface area contributed by atoms with Crippen LogP contribution < -0.4 is 25.6 Å². The summed E-state index contributed by atoms with van der Waals surface area (Å²) in [5, 5.41) is 16.4. The Bertz CT molecular complexity index is 1380. The number of alkyl halides is 2. The van der Waals surface area contributed by atoms with Crippen molar-refractivity contribution in [2.45, 2.75) is 26.5 Å². The van der Waals surface area contributed by atoms with Gasteiger partial charge >= 0.3 is 6.61 Å². The van der Waals surface area contributed by atoms with Crippen molar-refractivity contribution in [3.05, 3.63) is 60.9 Å².